The molecule has 0 bridgehead atoms. The summed E-state index contributed by atoms with van der Waals surface area (Å²) in [5.74, 6) is 1.02. The number of aromatic nitrogens is 1. The van der Waals surface area contributed by atoms with E-state index < -0.39 is 17.9 Å². The normalized spacial score (nSPS) is 10.8. The van der Waals surface area contributed by atoms with Crippen molar-refractivity contribution in [3.63, 3.8) is 0 Å². The van der Waals surface area contributed by atoms with Gasteiger partial charge in [0, 0.05) is 23.3 Å². The summed E-state index contributed by atoms with van der Waals surface area (Å²) in [5.41, 5.74) is 5.57. The molecule has 0 aliphatic carbocycles. The van der Waals surface area contributed by atoms with Crippen LogP contribution in [-0.4, -0.2) is 55.5 Å². The number of nitrogens with one attached hydrogen (secondary N) is 1. The molecule has 0 fully saturated rings. The van der Waals surface area contributed by atoms with Crippen molar-refractivity contribution in [2.45, 2.75) is 51.4 Å². The number of hydrogen-bond donors (Lipinski definition) is 1. The Bertz CT molecular complexity index is 2200. The molecule has 60 heavy (non-hydrogen) atoms. The molecule has 4 aromatic carbocycles. The summed E-state index contributed by atoms with van der Waals surface area (Å²) in [6, 6.07) is 26.6. The van der Waals surface area contributed by atoms with E-state index in [1.54, 1.807) is 48.5 Å². The molecular formula is C47H49N3O10. The first-order valence-corrected chi connectivity index (χ1v) is 19.7. The summed E-state index contributed by atoms with van der Waals surface area (Å²) < 4.78 is 39.4. The van der Waals surface area contributed by atoms with Crippen LogP contribution in [0.4, 0.5) is 6.01 Å². The number of nitrogens with zero attached hydrogens (tertiary/aromatic N) is 2. The molecule has 312 valence electrons. The first-order valence-electron chi connectivity index (χ1n) is 19.7. The predicted molar refractivity (Wildman–Crippen MR) is 229 cm³/mol. The van der Waals surface area contributed by atoms with Crippen LogP contribution in [0, 0.1) is 0 Å². The lowest BCUT2D eigenvalue weighted by Crippen LogP contribution is -2.10. The molecular weight excluding hydrogens is 767 g/mol. The van der Waals surface area contributed by atoms with Crippen molar-refractivity contribution in [1.29, 1.82) is 0 Å². The van der Waals surface area contributed by atoms with Crippen LogP contribution < -0.4 is 24.4 Å². The van der Waals surface area contributed by atoms with Gasteiger partial charge in [0.15, 0.2) is 5.58 Å². The number of hydrogen-bond acceptors (Lipinski definition) is 13. The van der Waals surface area contributed by atoms with Crippen molar-refractivity contribution < 1.29 is 47.2 Å². The summed E-state index contributed by atoms with van der Waals surface area (Å²) in [5, 5.41) is 4.30. The molecule has 0 saturated heterocycles. The second-order valence-electron chi connectivity index (χ2n) is 13.3. The molecule has 13 nitrogen and oxygen atoms in total. The van der Waals surface area contributed by atoms with E-state index >= 15 is 0 Å². The van der Waals surface area contributed by atoms with Crippen molar-refractivity contribution in [2.24, 2.45) is 5.10 Å². The topological polar surface area (TPSA) is 157 Å². The fraction of sp³-hybridized carbons (Fsp3) is 0.255. The third-order valence-electron chi connectivity index (χ3n) is 8.79. The number of esters is 3. The molecule has 1 N–H and O–H groups in total. The second kappa shape index (κ2) is 23.9. The predicted octanol–water partition coefficient (Wildman–Crippen LogP) is 9.88. The van der Waals surface area contributed by atoms with Crippen LogP contribution in [0.2, 0.25) is 0 Å². The average Bonchev–Trinajstić information content (AvgIpc) is 3.69. The minimum absolute atomic E-state index is 0.191. The van der Waals surface area contributed by atoms with Crippen LogP contribution in [0.25, 0.3) is 16.9 Å². The minimum Gasteiger partial charge on any atom is -0.494 e. The largest absolute Gasteiger partial charge is 0.494 e. The van der Waals surface area contributed by atoms with Gasteiger partial charge in [-0.05, 0) is 130 Å². The number of hydrazone groups is 1. The Balaban J connectivity index is 1.15. The third-order valence-corrected chi connectivity index (χ3v) is 8.79. The second-order valence-corrected chi connectivity index (χ2v) is 13.3. The summed E-state index contributed by atoms with van der Waals surface area (Å²) in [4.78, 5) is 39.9. The molecule has 0 atom stereocenters. The Morgan fingerprint density at radius 2 is 1.20 bits per heavy atom. The van der Waals surface area contributed by atoms with Crippen LogP contribution in [0.5, 0.6) is 23.0 Å². The van der Waals surface area contributed by atoms with Crippen molar-refractivity contribution in [2.75, 3.05) is 31.9 Å². The highest BCUT2D eigenvalue weighted by Crippen LogP contribution is 2.28. The zero-order valence-electron chi connectivity index (χ0n) is 33.5. The Morgan fingerprint density at radius 1 is 0.650 bits per heavy atom. The molecule has 1 heterocycles. The molecule has 0 amide bonds. The number of oxazole rings is 1. The van der Waals surface area contributed by atoms with E-state index in [4.69, 9.17) is 32.8 Å². The highest BCUT2D eigenvalue weighted by molar-refractivity contribution is 5.93. The number of ether oxygens (including phenoxy) is 6. The van der Waals surface area contributed by atoms with Gasteiger partial charge in [0.1, 0.15) is 34.3 Å². The number of anilines is 1. The highest BCUT2D eigenvalue weighted by Gasteiger charge is 2.14. The quantitative estimate of drug-likeness (QED) is 0.0107. The van der Waals surface area contributed by atoms with Crippen molar-refractivity contribution >= 4 is 47.0 Å². The number of para-hydroxylation sites is 2. The lowest BCUT2D eigenvalue weighted by atomic mass is 10.1. The van der Waals surface area contributed by atoms with E-state index in [1.807, 2.05) is 42.5 Å². The first kappa shape index (κ1) is 44.0. The van der Waals surface area contributed by atoms with Crippen LogP contribution in [0.3, 0.4) is 0 Å². The van der Waals surface area contributed by atoms with Crippen LogP contribution in [0.1, 0.15) is 72.9 Å². The summed E-state index contributed by atoms with van der Waals surface area (Å²) in [6.45, 7) is 12.7. The SMILES string of the molecule is C=CC(=O)OCCCCCCOc1ccc(C(=C)Oc2ccc(OC(=O)c3ccc(OCCCCCCOC(=O)C=C)cc3)c(/C=N/Nc3nc4ccccc4o3)c2)cc1. The fourth-order valence-electron chi connectivity index (χ4n) is 5.60. The molecule has 0 radical (unpaired) electrons. The lowest BCUT2D eigenvalue weighted by Gasteiger charge is -2.13. The average molecular weight is 816 g/mol. The number of carbonyl (C=O) groups is 3. The number of fused-ring (bicyclic) bond motifs is 1. The summed E-state index contributed by atoms with van der Waals surface area (Å²) in [6.07, 6.45) is 10.8. The minimum atomic E-state index is -0.577. The molecule has 0 unspecified atom stereocenters. The van der Waals surface area contributed by atoms with E-state index in [9.17, 15) is 14.4 Å². The molecule has 0 aliphatic rings. The maximum Gasteiger partial charge on any atom is 0.343 e. The van der Waals surface area contributed by atoms with E-state index in [2.05, 4.69) is 35.2 Å². The molecule has 0 spiro atoms. The number of carbonyl (C=O) groups excluding carboxylic acids is 3. The van der Waals surface area contributed by atoms with Gasteiger partial charge in [0.2, 0.25) is 0 Å². The third kappa shape index (κ3) is 14.7. The van der Waals surface area contributed by atoms with E-state index in [0.29, 0.717) is 65.9 Å². The van der Waals surface area contributed by atoms with Crippen molar-refractivity contribution in [3.05, 3.63) is 140 Å². The van der Waals surface area contributed by atoms with Gasteiger partial charge in [-0.3, -0.25) is 0 Å². The number of benzene rings is 4. The zero-order valence-corrected chi connectivity index (χ0v) is 33.5. The molecule has 1 aromatic heterocycles. The van der Waals surface area contributed by atoms with Gasteiger partial charge in [0.25, 0.3) is 0 Å². The summed E-state index contributed by atoms with van der Waals surface area (Å²) >= 11 is 0. The number of unbranched alkanes of at least 4 members (excludes halogenated alkanes) is 6. The number of rotatable bonds is 26. The summed E-state index contributed by atoms with van der Waals surface area (Å²) in [7, 11) is 0. The van der Waals surface area contributed by atoms with E-state index in [-0.39, 0.29) is 11.8 Å². The molecule has 5 rings (SSSR count). The van der Waals surface area contributed by atoms with Crippen LogP contribution >= 0.6 is 0 Å². The Hall–Kier alpha value is -7.15. The standard InChI is InChI=1S/C47H49N3O10/c1-4-44(51)56-30-14-8-6-12-28-54-38-22-18-35(19-23-38)34(3)58-40-26-27-42(37(32-40)33-48-50-47-49-41-16-10-11-17-43(41)60-47)59-46(53)36-20-24-39(25-21-36)55-29-13-7-9-15-31-57-45(52)5-2/h4-5,10-11,16-27,32-33H,1-3,6-9,12-15,28-31H2,(H,49,50)/b48-33+. The van der Waals surface area contributed by atoms with Crippen molar-refractivity contribution in [3.8, 4) is 23.0 Å². The highest BCUT2D eigenvalue weighted by atomic mass is 16.5. The van der Waals surface area contributed by atoms with Crippen LogP contribution in [0.15, 0.2) is 132 Å². The van der Waals surface area contributed by atoms with Gasteiger partial charge in [-0.1, -0.05) is 31.9 Å². The van der Waals surface area contributed by atoms with Gasteiger partial charge in [0.05, 0.1) is 38.2 Å². The van der Waals surface area contributed by atoms with Gasteiger partial charge >= 0.3 is 23.9 Å². The maximum atomic E-state index is 13.3. The fourth-order valence-corrected chi connectivity index (χ4v) is 5.60. The Labute approximate surface area is 349 Å². The van der Waals surface area contributed by atoms with Gasteiger partial charge in [-0.2, -0.15) is 10.1 Å². The maximum absolute atomic E-state index is 13.3. The molecule has 0 aliphatic heterocycles. The van der Waals surface area contributed by atoms with Gasteiger partial charge in [-0.25, -0.2) is 19.8 Å². The van der Waals surface area contributed by atoms with E-state index in [0.717, 1.165) is 74.8 Å². The molecule has 13 heteroatoms. The molecule has 5 aromatic rings. The lowest BCUT2D eigenvalue weighted by molar-refractivity contribution is -0.138. The van der Waals surface area contributed by atoms with Crippen molar-refractivity contribution in [1.82, 2.24) is 4.98 Å². The monoisotopic (exact) mass is 815 g/mol. The van der Waals surface area contributed by atoms with Crippen LogP contribution in [-0.2, 0) is 19.1 Å². The Kier molecular flexibility index (Phi) is 17.5. The van der Waals surface area contributed by atoms with Gasteiger partial charge < -0.3 is 32.8 Å². The smallest absolute Gasteiger partial charge is 0.343 e. The zero-order chi connectivity index (χ0) is 42.4. The first-order chi connectivity index (χ1) is 29.3. The van der Waals surface area contributed by atoms with Gasteiger partial charge in [-0.15, -0.1) is 0 Å². The van der Waals surface area contributed by atoms with E-state index in [1.165, 1.54) is 6.21 Å². The Morgan fingerprint density at radius 3 is 1.78 bits per heavy atom. The molecule has 0 saturated carbocycles.